The second-order valence-corrected chi connectivity index (χ2v) is 7.80. The van der Waals surface area contributed by atoms with Gasteiger partial charge in [0, 0.05) is 10.4 Å². The van der Waals surface area contributed by atoms with E-state index in [4.69, 9.17) is 0 Å². The van der Waals surface area contributed by atoms with Gasteiger partial charge in [-0.25, -0.2) is 5.43 Å². The number of thiophene rings is 1. The average Bonchev–Trinajstić information content (AvgIpc) is 3.19. The molecule has 0 unspecified atom stereocenters. The molecule has 5 nitrogen and oxygen atoms in total. The molecule has 0 saturated carbocycles. The monoisotopic (exact) mass is 402 g/mol. The zero-order chi connectivity index (χ0) is 17.1. The maximum Gasteiger partial charge on any atom is 0.289 e. The number of rotatable bonds is 4. The fourth-order valence-corrected chi connectivity index (χ4v) is 3.39. The highest BCUT2D eigenvalue weighted by Crippen LogP contribution is 2.21. The Morgan fingerprint density at radius 3 is 2.79 bits per heavy atom. The molecule has 3 aromatic rings. The molecule has 7 heteroatoms. The van der Waals surface area contributed by atoms with Crippen LogP contribution in [0, 0.1) is 13.8 Å². The molecular formula is C17H15BrN4OS. The molecule has 0 bridgehead atoms. The number of amides is 1. The van der Waals surface area contributed by atoms with Crippen LogP contribution in [0.3, 0.4) is 0 Å². The van der Waals surface area contributed by atoms with Crippen molar-refractivity contribution in [2.24, 2.45) is 5.10 Å². The smallest absolute Gasteiger partial charge is 0.272 e. The number of nitrogens with one attached hydrogen (secondary N) is 2. The highest BCUT2D eigenvalue weighted by atomic mass is 79.9. The van der Waals surface area contributed by atoms with Crippen molar-refractivity contribution in [2.75, 3.05) is 0 Å². The van der Waals surface area contributed by atoms with E-state index in [-0.39, 0.29) is 5.91 Å². The van der Waals surface area contributed by atoms with E-state index in [1.807, 2.05) is 24.3 Å². The third-order valence-corrected chi connectivity index (χ3v) is 5.14. The van der Waals surface area contributed by atoms with E-state index in [1.165, 1.54) is 22.5 Å². The van der Waals surface area contributed by atoms with Crippen molar-refractivity contribution in [2.45, 2.75) is 13.8 Å². The Morgan fingerprint density at radius 1 is 1.25 bits per heavy atom. The van der Waals surface area contributed by atoms with E-state index < -0.39 is 0 Å². The Labute approximate surface area is 151 Å². The Kier molecular flexibility index (Phi) is 4.92. The molecule has 122 valence electrons. The van der Waals surface area contributed by atoms with Gasteiger partial charge in [0.1, 0.15) is 5.69 Å². The van der Waals surface area contributed by atoms with E-state index >= 15 is 0 Å². The van der Waals surface area contributed by atoms with Crippen molar-refractivity contribution >= 4 is 39.4 Å². The number of aromatic nitrogens is 2. The van der Waals surface area contributed by atoms with Crippen molar-refractivity contribution in [3.8, 4) is 11.3 Å². The fraction of sp³-hybridized carbons (Fsp3) is 0.118. The van der Waals surface area contributed by atoms with Crippen molar-refractivity contribution < 1.29 is 4.79 Å². The first kappa shape index (κ1) is 16.6. The molecule has 0 radical (unpaired) electrons. The molecule has 0 spiro atoms. The zero-order valence-corrected chi connectivity index (χ0v) is 15.5. The normalized spacial score (nSPS) is 11.1. The molecule has 0 fully saturated rings. The number of halogens is 1. The third kappa shape index (κ3) is 3.80. The molecule has 0 aliphatic carbocycles. The molecule has 2 heterocycles. The van der Waals surface area contributed by atoms with Crippen LogP contribution in [0.5, 0.6) is 0 Å². The van der Waals surface area contributed by atoms with Gasteiger partial charge in [0.25, 0.3) is 5.91 Å². The Morgan fingerprint density at radius 2 is 2.08 bits per heavy atom. The van der Waals surface area contributed by atoms with E-state index in [0.29, 0.717) is 5.69 Å². The number of carbonyl (C=O) groups is 1. The number of benzene rings is 1. The molecule has 0 saturated heterocycles. The second kappa shape index (κ2) is 7.11. The Balaban J connectivity index is 1.69. The molecule has 1 amide bonds. The van der Waals surface area contributed by atoms with Crippen LogP contribution in [0.2, 0.25) is 0 Å². The number of aromatic amines is 1. The minimum absolute atomic E-state index is 0.329. The first-order chi connectivity index (χ1) is 11.5. The average molecular weight is 403 g/mol. The summed E-state index contributed by atoms with van der Waals surface area (Å²) in [6.45, 7) is 4.11. The van der Waals surface area contributed by atoms with Gasteiger partial charge in [0.05, 0.1) is 15.7 Å². The lowest BCUT2D eigenvalue weighted by molar-refractivity contribution is 0.0950. The number of H-pyrrole nitrogens is 1. The molecule has 0 atom stereocenters. The van der Waals surface area contributed by atoms with Crippen molar-refractivity contribution in [3.05, 3.63) is 61.9 Å². The molecule has 1 aromatic carbocycles. The van der Waals surface area contributed by atoms with Gasteiger partial charge in [-0.1, -0.05) is 12.1 Å². The van der Waals surface area contributed by atoms with E-state index in [1.54, 1.807) is 12.3 Å². The predicted molar refractivity (Wildman–Crippen MR) is 101 cm³/mol. The highest BCUT2D eigenvalue weighted by molar-refractivity contribution is 9.11. The topological polar surface area (TPSA) is 70.1 Å². The van der Waals surface area contributed by atoms with Gasteiger partial charge in [0.2, 0.25) is 0 Å². The summed E-state index contributed by atoms with van der Waals surface area (Å²) in [4.78, 5) is 13.1. The van der Waals surface area contributed by atoms with E-state index in [2.05, 4.69) is 56.6 Å². The molecule has 0 aliphatic heterocycles. The Bertz CT molecular complexity index is 913. The number of aryl methyl sites for hydroxylation is 2. The van der Waals surface area contributed by atoms with Crippen LogP contribution in [0.25, 0.3) is 11.3 Å². The molecule has 3 rings (SSSR count). The number of carbonyl (C=O) groups excluding carboxylic acids is 1. The third-order valence-electron chi connectivity index (χ3n) is 3.58. The summed E-state index contributed by atoms with van der Waals surface area (Å²) in [5, 5.41) is 10.9. The number of nitrogens with zero attached hydrogens (tertiary/aromatic N) is 2. The summed E-state index contributed by atoms with van der Waals surface area (Å²) in [7, 11) is 0. The van der Waals surface area contributed by atoms with E-state index in [0.717, 1.165) is 19.9 Å². The molecular weight excluding hydrogens is 388 g/mol. The van der Waals surface area contributed by atoms with Crippen LogP contribution in [0.15, 0.2) is 45.3 Å². The quantitative estimate of drug-likeness (QED) is 0.504. The van der Waals surface area contributed by atoms with Crippen LogP contribution >= 0.6 is 27.3 Å². The summed E-state index contributed by atoms with van der Waals surface area (Å²) in [5.74, 6) is -0.329. The van der Waals surface area contributed by atoms with E-state index in [9.17, 15) is 4.79 Å². The van der Waals surface area contributed by atoms with Crippen LogP contribution < -0.4 is 5.43 Å². The second-order valence-electron chi connectivity index (χ2n) is 5.31. The minimum atomic E-state index is -0.329. The lowest BCUT2D eigenvalue weighted by Crippen LogP contribution is -2.17. The first-order valence-corrected chi connectivity index (χ1v) is 8.85. The predicted octanol–water partition coefficient (Wildman–Crippen LogP) is 4.28. The van der Waals surface area contributed by atoms with Gasteiger partial charge in [0.15, 0.2) is 0 Å². The van der Waals surface area contributed by atoms with Gasteiger partial charge < -0.3 is 0 Å². The largest absolute Gasteiger partial charge is 0.289 e. The van der Waals surface area contributed by atoms with Gasteiger partial charge >= 0.3 is 0 Å². The molecule has 0 aliphatic rings. The maximum atomic E-state index is 12.1. The molecule has 2 aromatic heterocycles. The lowest BCUT2D eigenvalue weighted by atomic mass is 10.0. The van der Waals surface area contributed by atoms with Crippen LogP contribution in [0.4, 0.5) is 0 Å². The molecule has 24 heavy (non-hydrogen) atoms. The van der Waals surface area contributed by atoms with Gasteiger partial charge in [-0.15, -0.1) is 11.3 Å². The summed E-state index contributed by atoms with van der Waals surface area (Å²) in [6, 6.07) is 11.7. The van der Waals surface area contributed by atoms with Crippen LogP contribution in [0.1, 0.15) is 26.5 Å². The SMILES string of the molecule is Cc1ccc(-c2cc(C(=O)NN=Cc3ccc(Br)s3)[nH]n2)cc1C. The molecule has 2 N–H and O–H groups in total. The summed E-state index contributed by atoms with van der Waals surface area (Å²) < 4.78 is 1.02. The highest BCUT2D eigenvalue weighted by Gasteiger charge is 2.10. The van der Waals surface area contributed by atoms with Crippen molar-refractivity contribution in [1.29, 1.82) is 0 Å². The van der Waals surface area contributed by atoms with Crippen LogP contribution in [-0.4, -0.2) is 22.3 Å². The lowest BCUT2D eigenvalue weighted by Gasteiger charge is -2.01. The Hall–Kier alpha value is -2.25. The minimum Gasteiger partial charge on any atom is -0.272 e. The number of hydrazone groups is 1. The van der Waals surface area contributed by atoms with Gasteiger partial charge in [-0.2, -0.15) is 10.2 Å². The first-order valence-electron chi connectivity index (χ1n) is 7.25. The summed E-state index contributed by atoms with van der Waals surface area (Å²) in [6.07, 6.45) is 1.61. The van der Waals surface area contributed by atoms with Gasteiger partial charge in [-0.3, -0.25) is 9.89 Å². The van der Waals surface area contributed by atoms with Crippen molar-refractivity contribution in [3.63, 3.8) is 0 Å². The summed E-state index contributed by atoms with van der Waals surface area (Å²) >= 11 is 4.92. The maximum absolute atomic E-state index is 12.1. The number of hydrogen-bond donors (Lipinski definition) is 2. The standard InChI is InChI=1S/C17H15BrN4OS/c1-10-3-4-12(7-11(10)2)14-8-15(21-20-14)17(23)22-19-9-13-5-6-16(18)24-13/h3-9H,1-2H3,(H,20,21)(H,22,23). The van der Waals surface area contributed by atoms with Crippen molar-refractivity contribution in [1.82, 2.24) is 15.6 Å². The number of hydrogen-bond acceptors (Lipinski definition) is 4. The zero-order valence-electron chi connectivity index (χ0n) is 13.1. The van der Waals surface area contributed by atoms with Gasteiger partial charge in [-0.05, 0) is 65.2 Å². The summed E-state index contributed by atoms with van der Waals surface area (Å²) in [5.41, 5.74) is 6.98. The fourth-order valence-electron chi connectivity index (χ4n) is 2.10. The van der Waals surface area contributed by atoms with Crippen LogP contribution in [-0.2, 0) is 0 Å².